The van der Waals surface area contributed by atoms with Crippen molar-refractivity contribution in [1.82, 2.24) is 0 Å². The minimum Gasteiger partial charge on any atom is -0.507 e. The molecule has 0 spiro atoms. The van der Waals surface area contributed by atoms with Crippen LogP contribution in [-0.4, -0.2) is 31.0 Å². The summed E-state index contributed by atoms with van der Waals surface area (Å²) in [4.78, 5) is 27.4. The summed E-state index contributed by atoms with van der Waals surface area (Å²) >= 11 is 0. The van der Waals surface area contributed by atoms with E-state index in [1.807, 2.05) is 0 Å². The van der Waals surface area contributed by atoms with Crippen LogP contribution in [0.2, 0.25) is 0 Å². The number of aliphatic hydroxyl groups excluding tert-OH is 1. The Morgan fingerprint density at radius 3 is 2.34 bits per heavy atom. The number of halogens is 1. The van der Waals surface area contributed by atoms with E-state index >= 15 is 0 Å². The fraction of sp³-hybridized carbons (Fsp3) is 0.120. The number of carbonyl (C=O) groups excluding carboxylic acids is 2. The summed E-state index contributed by atoms with van der Waals surface area (Å²) in [5, 5.41) is 11.2. The fourth-order valence-electron chi connectivity index (χ4n) is 3.81. The third kappa shape index (κ3) is 3.58. The third-order valence-corrected chi connectivity index (χ3v) is 5.31. The monoisotopic (exact) mass is 433 g/mol. The van der Waals surface area contributed by atoms with Crippen LogP contribution in [0, 0.1) is 5.82 Å². The normalized spacial score (nSPS) is 17.5. The van der Waals surface area contributed by atoms with Gasteiger partial charge in [0.1, 0.15) is 23.1 Å². The lowest BCUT2D eigenvalue weighted by molar-refractivity contribution is -0.132. The predicted molar refractivity (Wildman–Crippen MR) is 117 cm³/mol. The van der Waals surface area contributed by atoms with E-state index in [-0.39, 0.29) is 22.6 Å². The molecule has 1 saturated heterocycles. The van der Waals surface area contributed by atoms with Crippen molar-refractivity contribution in [1.29, 1.82) is 0 Å². The van der Waals surface area contributed by atoms with Crippen LogP contribution in [0.3, 0.4) is 0 Å². The minimum atomic E-state index is -0.954. The number of aliphatic hydroxyl groups is 1. The molecule has 0 bridgehead atoms. The second kappa shape index (κ2) is 8.55. The summed E-state index contributed by atoms with van der Waals surface area (Å²) in [5.41, 5.74) is 0.909. The molecule has 1 fully saturated rings. The van der Waals surface area contributed by atoms with E-state index in [0.717, 1.165) is 0 Å². The molecule has 0 saturated carbocycles. The zero-order chi connectivity index (χ0) is 22.8. The van der Waals surface area contributed by atoms with Crippen molar-refractivity contribution in [3.63, 3.8) is 0 Å². The van der Waals surface area contributed by atoms with Gasteiger partial charge in [0.2, 0.25) is 0 Å². The maximum absolute atomic E-state index is 14.0. The lowest BCUT2D eigenvalue weighted by Gasteiger charge is -2.25. The number of ketones is 1. The van der Waals surface area contributed by atoms with E-state index in [4.69, 9.17) is 9.47 Å². The summed E-state index contributed by atoms with van der Waals surface area (Å²) < 4.78 is 24.5. The highest BCUT2D eigenvalue weighted by Crippen LogP contribution is 2.43. The highest BCUT2D eigenvalue weighted by atomic mass is 19.1. The van der Waals surface area contributed by atoms with Crippen LogP contribution in [0.1, 0.15) is 17.2 Å². The SMILES string of the molecule is COc1ccc(/C(O)=C2/C(=O)C(=O)N(c3cccc(F)c3)C2c2ccccc2)c(OC)c1. The quantitative estimate of drug-likeness (QED) is 0.365. The molecule has 32 heavy (non-hydrogen) atoms. The van der Waals surface area contributed by atoms with Crippen molar-refractivity contribution in [3.05, 3.63) is 95.3 Å². The zero-order valence-corrected chi connectivity index (χ0v) is 17.4. The van der Waals surface area contributed by atoms with Crippen molar-refractivity contribution in [2.24, 2.45) is 0 Å². The van der Waals surface area contributed by atoms with Gasteiger partial charge in [-0.25, -0.2) is 4.39 Å². The van der Waals surface area contributed by atoms with Crippen LogP contribution in [0.4, 0.5) is 10.1 Å². The summed E-state index contributed by atoms with van der Waals surface area (Å²) in [6.07, 6.45) is 0. The number of carbonyl (C=O) groups is 2. The van der Waals surface area contributed by atoms with E-state index in [1.165, 1.54) is 43.4 Å². The van der Waals surface area contributed by atoms with E-state index in [2.05, 4.69) is 0 Å². The lowest BCUT2D eigenvalue weighted by atomic mass is 9.95. The molecule has 3 aromatic rings. The molecule has 1 atom stereocenters. The van der Waals surface area contributed by atoms with Crippen molar-refractivity contribution in [2.45, 2.75) is 6.04 Å². The van der Waals surface area contributed by atoms with E-state index in [1.54, 1.807) is 48.5 Å². The van der Waals surface area contributed by atoms with Gasteiger partial charge < -0.3 is 14.6 Å². The molecular formula is C25H20FNO5. The van der Waals surface area contributed by atoms with Crippen LogP contribution >= 0.6 is 0 Å². The first-order valence-corrected chi connectivity index (χ1v) is 9.80. The van der Waals surface area contributed by atoms with Gasteiger partial charge in [-0.2, -0.15) is 0 Å². The first-order valence-electron chi connectivity index (χ1n) is 9.80. The summed E-state index contributed by atoms with van der Waals surface area (Å²) in [5.74, 6) is -1.91. The lowest BCUT2D eigenvalue weighted by Crippen LogP contribution is -2.29. The van der Waals surface area contributed by atoms with Crippen LogP contribution in [0.15, 0.2) is 78.4 Å². The average Bonchev–Trinajstić information content (AvgIpc) is 3.09. The molecule has 1 aliphatic heterocycles. The number of ether oxygens (including phenoxy) is 2. The maximum atomic E-state index is 14.0. The first-order chi connectivity index (χ1) is 15.5. The van der Waals surface area contributed by atoms with Gasteiger partial charge >= 0.3 is 0 Å². The number of Topliss-reactive ketones (excluding diaryl/α,β-unsaturated/α-hetero) is 1. The van der Waals surface area contributed by atoms with Gasteiger partial charge in [0.25, 0.3) is 11.7 Å². The molecule has 1 heterocycles. The van der Waals surface area contributed by atoms with Gasteiger partial charge in [0.15, 0.2) is 0 Å². The van der Waals surface area contributed by atoms with E-state index in [9.17, 15) is 19.1 Å². The number of nitrogens with zero attached hydrogens (tertiary/aromatic N) is 1. The number of methoxy groups -OCH3 is 2. The van der Waals surface area contributed by atoms with Gasteiger partial charge in [-0.05, 0) is 35.9 Å². The Balaban J connectivity index is 1.96. The van der Waals surface area contributed by atoms with Crippen LogP contribution < -0.4 is 14.4 Å². The molecule has 6 nitrogen and oxygen atoms in total. The molecule has 162 valence electrons. The minimum absolute atomic E-state index is 0.117. The van der Waals surface area contributed by atoms with E-state index in [0.29, 0.717) is 11.3 Å². The third-order valence-electron chi connectivity index (χ3n) is 5.31. The van der Waals surface area contributed by atoms with Crippen molar-refractivity contribution in [2.75, 3.05) is 19.1 Å². The van der Waals surface area contributed by atoms with Crippen molar-refractivity contribution >= 4 is 23.1 Å². The Bertz CT molecular complexity index is 1220. The number of hydrogen-bond acceptors (Lipinski definition) is 5. The number of amides is 1. The molecule has 3 aromatic carbocycles. The van der Waals surface area contributed by atoms with Gasteiger partial charge in [-0.15, -0.1) is 0 Å². The second-order valence-corrected chi connectivity index (χ2v) is 7.13. The molecule has 7 heteroatoms. The van der Waals surface area contributed by atoms with Gasteiger partial charge in [0.05, 0.1) is 31.4 Å². The molecule has 0 aliphatic carbocycles. The number of rotatable bonds is 5. The Hall–Kier alpha value is -4.13. The highest BCUT2D eigenvalue weighted by Gasteiger charge is 2.47. The second-order valence-electron chi connectivity index (χ2n) is 7.13. The Kier molecular flexibility index (Phi) is 5.64. The topological polar surface area (TPSA) is 76.1 Å². The van der Waals surface area contributed by atoms with Gasteiger partial charge in [-0.3, -0.25) is 14.5 Å². The Labute approximate surface area is 184 Å². The molecular weight excluding hydrogens is 413 g/mol. The maximum Gasteiger partial charge on any atom is 0.300 e. The molecule has 0 radical (unpaired) electrons. The standard InChI is InChI=1S/C25H20FNO5/c1-31-18-11-12-19(20(14-18)32-2)23(28)21-22(15-7-4-3-5-8-15)27(25(30)24(21)29)17-10-6-9-16(26)13-17/h3-14,22,28H,1-2H3/b23-21-. The first kappa shape index (κ1) is 21.1. The molecule has 4 rings (SSSR count). The Morgan fingerprint density at radius 2 is 1.69 bits per heavy atom. The van der Waals surface area contributed by atoms with Crippen LogP contribution in [-0.2, 0) is 9.59 Å². The predicted octanol–water partition coefficient (Wildman–Crippen LogP) is 4.47. The molecule has 1 amide bonds. The van der Waals surface area contributed by atoms with Gasteiger partial charge in [0, 0.05) is 11.8 Å². The molecule has 1 N–H and O–H groups in total. The summed E-state index contributed by atoms with van der Waals surface area (Å²) in [7, 11) is 2.92. The number of benzene rings is 3. The number of anilines is 1. The van der Waals surface area contributed by atoms with Crippen molar-refractivity contribution in [3.8, 4) is 11.5 Å². The van der Waals surface area contributed by atoms with Crippen LogP contribution in [0.5, 0.6) is 11.5 Å². The van der Waals surface area contributed by atoms with Gasteiger partial charge in [-0.1, -0.05) is 36.4 Å². The fourth-order valence-corrected chi connectivity index (χ4v) is 3.81. The number of hydrogen-bond donors (Lipinski definition) is 1. The Morgan fingerprint density at radius 1 is 0.938 bits per heavy atom. The molecule has 1 aliphatic rings. The van der Waals surface area contributed by atoms with Crippen LogP contribution in [0.25, 0.3) is 5.76 Å². The van der Waals surface area contributed by atoms with E-state index < -0.39 is 29.3 Å². The molecule has 1 unspecified atom stereocenters. The average molecular weight is 433 g/mol. The summed E-state index contributed by atoms with van der Waals surface area (Å²) in [6.45, 7) is 0. The largest absolute Gasteiger partial charge is 0.507 e. The zero-order valence-electron chi connectivity index (χ0n) is 17.4. The highest BCUT2D eigenvalue weighted by molar-refractivity contribution is 6.51. The summed E-state index contributed by atoms with van der Waals surface area (Å²) in [6, 6.07) is 18.0. The smallest absolute Gasteiger partial charge is 0.300 e. The van der Waals surface area contributed by atoms with Crippen molar-refractivity contribution < 1.29 is 28.6 Å². The molecule has 0 aromatic heterocycles.